The van der Waals surface area contributed by atoms with E-state index in [2.05, 4.69) is 8.37 Å². The fourth-order valence-electron chi connectivity index (χ4n) is 0.470. The summed E-state index contributed by atoms with van der Waals surface area (Å²) < 4.78 is 50.7. The van der Waals surface area contributed by atoms with Gasteiger partial charge in [-0.2, -0.15) is 16.8 Å². The van der Waals surface area contributed by atoms with Crippen LogP contribution in [0.4, 0.5) is 0 Å². The highest BCUT2D eigenvalue weighted by molar-refractivity contribution is 7.86. The van der Waals surface area contributed by atoms with Gasteiger partial charge in [0.1, 0.15) is 0 Å². The average Bonchev–Trinajstić information content (AvgIpc) is 1.94. The summed E-state index contributed by atoms with van der Waals surface area (Å²) in [6, 6.07) is -0.806. The molecule has 0 aliphatic heterocycles. The molecule has 0 amide bonds. The largest absolute Gasteiger partial charge is 0.324 e. The van der Waals surface area contributed by atoms with Gasteiger partial charge < -0.3 is 5.73 Å². The van der Waals surface area contributed by atoms with Gasteiger partial charge in [0.15, 0.2) is 0 Å². The molecule has 2 N–H and O–H groups in total. The topological polar surface area (TPSA) is 113 Å². The minimum atomic E-state index is -3.56. The molecule has 0 aromatic carbocycles. The maximum Gasteiger partial charge on any atom is 0.264 e. The third-order valence-electron chi connectivity index (χ3n) is 0.992. The van der Waals surface area contributed by atoms with Crippen LogP contribution in [0.15, 0.2) is 0 Å². The van der Waals surface area contributed by atoms with Gasteiger partial charge in [-0.3, -0.25) is 8.37 Å². The van der Waals surface area contributed by atoms with Crippen molar-refractivity contribution in [1.82, 2.24) is 0 Å². The first kappa shape index (κ1) is 13.8. The Balaban J connectivity index is 3.84. The summed E-state index contributed by atoms with van der Waals surface area (Å²) in [4.78, 5) is 0. The minimum Gasteiger partial charge on any atom is -0.324 e. The third-order valence-corrected chi connectivity index (χ3v) is 2.12. The van der Waals surface area contributed by atoms with Crippen LogP contribution >= 0.6 is 0 Å². The van der Waals surface area contributed by atoms with E-state index in [4.69, 9.17) is 5.73 Å². The van der Waals surface area contributed by atoms with E-state index < -0.39 is 26.3 Å². The van der Waals surface area contributed by atoms with Crippen LogP contribution in [0.1, 0.15) is 0 Å². The highest BCUT2D eigenvalue weighted by atomic mass is 32.2. The molecule has 0 aliphatic rings. The maximum atomic E-state index is 10.5. The lowest BCUT2D eigenvalue weighted by Crippen LogP contribution is -2.33. The fraction of sp³-hybridized carbons (Fsp3) is 1.00. The van der Waals surface area contributed by atoms with Gasteiger partial charge in [-0.05, 0) is 0 Å². The van der Waals surface area contributed by atoms with Gasteiger partial charge in [-0.15, -0.1) is 0 Å². The molecule has 0 atom stereocenters. The van der Waals surface area contributed by atoms with Gasteiger partial charge >= 0.3 is 0 Å². The van der Waals surface area contributed by atoms with Crippen molar-refractivity contribution < 1.29 is 25.2 Å². The molecular formula is C5H13NO6S2. The summed E-state index contributed by atoms with van der Waals surface area (Å²) in [7, 11) is -7.12. The molecule has 14 heavy (non-hydrogen) atoms. The van der Waals surface area contributed by atoms with Gasteiger partial charge in [-0.25, -0.2) is 0 Å². The van der Waals surface area contributed by atoms with Crippen molar-refractivity contribution in [3.05, 3.63) is 0 Å². The monoisotopic (exact) mass is 247 g/mol. The van der Waals surface area contributed by atoms with Gasteiger partial charge in [0.2, 0.25) is 0 Å². The summed E-state index contributed by atoms with van der Waals surface area (Å²) in [5, 5.41) is 0. The molecule has 0 saturated carbocycles. The molecule has 0 fully saturated rings. The Morgan fingerprint density at radius 3 is 1.50 bits per heavy atom. The highest BCUT2D eigenvalue weighted by Gasteiger charge is 2.11. The lowest BCUT2D eigenvalue weighted by Gasteiger charge is -2.09. The Bertz CT molecular complexity index is 322. The maximum absolute atomic E-state index is 10.5. The average molecular weight is 247 g/mol. The predicted molar refractivity (Wildman–Crippen MR) is 49.6 cm³/mol. The molecule has 0 unspecified atom stereocenters. The Labute approximate surface area is 83.4 Å². The van der Waals surface area contributed by atoms with E-state index in [1.807, 2.05) is 0 Å². The molecule has 0 spiro atoms. The molecule has 0 aromatic heterocycles. The lowest BCUT2D eigenvalue weighted by molar-refractivity contribution is 0.230. The second-order valence-electron chi connectivity index (χ2n) is 2.74. The molecular weight excluding hydrogens is 234 g/mol. The molecule has 7 nitrogen and oxygen atoms in total. The van der Waals surface area contributed by atoms with Crippen molar-refractivity contribution in [2.75, 3.05) is 25.7 Å². The Morgan fingerprint density at radius 2 is 1.29 bits per heavy atom. The van der Waals surface area contributed by atoms with Crippen molar-refractivity contribution in [1.29, 1.82) is 0 Å². The Kier molecular flexibility index (Phi) is 4.95. The zero-order valence-corrected chi connectivity index (χ0v) is 9.47. The standard InChI is InChI=1S/C5H13NO6S2/c1-13(7,8)11-3-5(6)4-12-14(2,9)10/h5H,3-4,6H2,1-2H3. The molecule has 0 heterocycles. The van der Waals surface area contributed by atoms with E-state index in [0.717, 1.165) is 12.5 Å². The van der Waals surface area contributed by atoms with Gasteiger partial charge in [0.05, 0.1) is 31.8 Å². The van der Waals surface area contributed by atoms with E-state index in [1.54, 1.807) is 0 Å². The van der Waals surface area contributed by atoms with Crippen molar-refractivity contribution in [3.63, 3.8) is 0 Å². The van der Waals surface area contributed by atoms with E-state index in [9.17, 15) is 16.8 Å². The Morgan fingerprint density at radius 1 is 1.00 bits per heavy atom. The molecule has 9 heteroatoms. The normalized spacial score (nSPS) is 13.4. The first-order valence-corrected chi connectivity index (χ1v) is 7.18. The van der Waals surface area contributed by atoms with Gasteiger partial charge in [0, 0.05) is 0 Å². The first-order chi connectivity index (χ1) is 6.10. The lowest BCUT2D eigenvalue weighted by atomic mass is 10.4. The highest BCUT2D eigenvalue weighted by Crippen LogP contribution is 1.93. The van der Waals surface area contributed by atoms with Crippen LogP contribution in [0.2, 0.25) is 0 Å². The minimum absolute atomic E-state index is 0.311. The van der Waals surface area contributed by atoms with Crippen LogP contribution in [0, 0.1) is 0 Å². The van der Waals surface area contributed by atoms with E-state index >= 15 is 0 Å². The first-order valence-electron chi connectivity index (χ1n) is 3.54. The van der Waals surface area contributed by atoms with Crippen molar-refractivity contribution >= 4 is 20.2 Å². The fourth-order valence-corrected chi connectivity index (χ4v) is 1.31. The zero-order valence-electron chi connectivity index (χ0n) is 7.83. The number of hydrogen-bond acceptors (Lipinski definition) is 7. The van der Waals surface area contributed by atoms with E-state index in [1.165, 1.54) is 0 Å². The van der Waals surface area contributed by atoms with Crippen molar-refractivity contribution in [2.24, 2.45) is 5.73 Å². The van der Waals surface area contributed by atoms with Gasteiger partial charge in [0.25, 0.3) is 20.2 Å². The van der Waals surface area contributed by atoms with Crippen LogP contribution in [0.5, 0.6) is 0 Å². The summed E-state index contributed by atoms with van der Waals surface area (Å²) >= 11 is 0. The molecule has 86 valence electrons. The van der Waals surface area contributed by atoms with E-state index in [0.29, 0.717) is 0 Å². The molecule has 0 rings (SSSR count). The number of nitrogens with two attached hydrogens (primary N) is 1. The van der Waals surface area contributed by atoms with Crippen LogP contribution in [-0.2, 0) is 28.6 Å². The summed E-state index contributed by atoms with van der Waals surface area (Å²) in [6.45, 7) is -0.622. The zero-order chi connectivity index (χ0) is 11.4. The second-order valence-corrected chi connectivity index (χ2v) is 6.03. The van der Waals surface area contributed by atoms with Crippen LogP contribution in [0.25, 0.3) is 0 Å². The van der Waals surface area contributed by atoms with Crippen molar-refractivity contribution in [3.8, 4) is 0 Å². The number of hydrogen-bond donors (Lipinski definition) is 1. The van der Waals surface area contributed by atoms with Gasteiger partial charge in [-0.1, -0.05) is 0 Å². The molecule has 0 saturated heterocycles. The molecule has 0 radical (unpaired) electrons. The molecule has 0 aliphatic carbocycles. The quantitative estimate of drug-likeness (QED) is 0.554. The second kappa shape index (κ2) is 5.03. The summed E-state index contributed by atoms with van der Waals surface area (Å²) in [6.07, 6.45) is 1.74. The summed E-state index contributed by atoms with van der Waals surface area (Å²) in [5.74, 6) is 0. The molecule has 0 bridgehead atoms. The third kappa shape index (κ3) is 9.86. The SMILES string of the molecule is CS(=O)(=O)OCC(N)COS(C)(=O)=O. The van der Waals surface area contributed by atoms with Crippen LogP contribution in [0.3, 0.4) is 0 Å². The van der Waals surface area contributed by atoms with Crippen molar-refractivity contribution in [2.45, 2.75) is 6.04 Å². The Hall–Kier alpha value is -0.220. The van der Waals surface area contributed by atoms with E-state index in [-0.39, 0.29) is 13.2 Å². The summed E-state index contributed by atoms with van der Waals surface area (Å²) in [5.41, 5.74) is 5.31. The number of rotatable bonds is 6. The van der Waals surface area contributed by atoms with Crippen LogP contribution in [-0.4, -0.2) is 48.6 Å². The predicted octanol–water partition coefficient (Wildman–Crippen LogP) is -1.73. The van der Waals surface area contributed by atoms with Crippen LogP contribution < -0.4 is 5.73 Å². The molecule has 0 aromatic rings. The smallest absolute Gasteiger partial charge is 0.264 e.